The molecule has 0 N–H and O–H groups in total. The topological polar surface area (TPSA) is 52.3 Å². The van der Waals surface area contributed by atoms with Crippen LogP contribution in [0.15, 0.2) is 4.52 Å². The van der Waals surface area contributed by atoms with Gasteiger partial charge in [0, 0.05) is 11.8 Å². The van der Waals surface area contributed by atoms with E-state index in [4.69, 9.17) is 9.26 Å². The quantitative estimate of drug-likeness (QED) is 0.736. The first-order chi connectivity index (χ1) is 7.72. The lowest BCUT2D eigenvalue weighted by Crippen LogP contribution is -2.06. The van der Waals surface area contributed by atoms with E-state index in [2.05, 4.69) is 12.1 Å². The number of ether oxygens (including phenoxy) is 1. The van der Waals surface area contributed by atoms with Crippen molar-refractivity contribution in [1.29, 1.82) is 0 Å². The molecule has 4 nitrogen and oxygen atoms in total. The number of hydrogen-bond acceptors (Lipinski definition) is 4. The Kier molecular flexibility index (Phi) is 2.06. The molecule has 1 heterocycles. The van der Waals surface area contributed by atoms with Crippen LogP contribution in [0.1, 0.15) is 59.8 Å². The smallest absolute Gasteiger partial charge is 0.343 e. The van der Waals surface area contributed by atoms with Crippen molar-refractivity contribution in [3.05, 3.63) is 17.0 Å². The third-order valence-electron chi connectivity index (χ3n) is 3.54. The molecular formula is C12H15NO3. The van der Waals surface area contributed by atoms with Crippen molar-refractivity contribution in [1.82, 2.24) is 5.16 Å². The van der Waals surface area contributed by atoms with Crippen LogP contribution in [0, 0.1) is 5.92 Å². The van der Waals surface area contributed by atoms with Gasteiger partial charge in [0.15, 0.2) is 5.76 Å². The molecule has 0 aromatic carbocycles. The predicted octanol–water partition coefficient (Wildman–Crippen LogP) is 2.46. The number of rotatable bonds is 3. The molecule has 2 atom stereocenters. The Bertz CT molecular complexity index is 433. The summed E-state index contributed by atoms with van der Waals surface area (Å²) in [6, 6.07) is 0. The van der Waals surface area contributed by atoms with Gasteiger partial charge in [0.25, 0.3) is 0 Å². The second-order valence-electron chi connectivity index (χ2n) is 4.89. The molecule has 0 amide bonds. The van der Waals surface area contributed by atoms with Crippen molar-refractivity contribution in [2.24, 2.45) is 5.92 Å². The first kappa shape index (κ1) is 9.87. The lowest BCUT2D eigenvalue weighted by molar-refractivity contribution is 0.0597. The Morgan fingerprint density at radius 3 is 2.69 bits per heavy atom. The zero-order chi connectivity index (χ0) is 11.3. The number of hydrogen-bond donors (Lipinski definition) is 0. The molecule has 0 aliphatic heterocycles. The SMILES string of the molecule is COC(=O)c1c(C2CC2C)noc1C1CC1. The van der Waals surface area contributed by atoms with Crippen molar-refractivity contribution in [3.8, 4) is 0 Å². The van der Waals surface area contributed by atoms with Gasteiger partial charge in [-0.2, -0.15) is 0 Å². The molecule has 16 heavy (non-hydrogen) atoms. The fraction of sp³-hybridized carbons (Fsp3) is 0.667. The van der Waals surface area contributed by atoms with Crippen LogP contribution in [0.4, 0.5) is 0 Å². The summed E-state index contributed by atoms with van der Waals surface area (Å²) in [4.78, 5) is 11.8. The van der Waals surface area contributed by atoms with Crippen LogP contribution in [0.3, 0.4) is 0 Å². The van der Waals surface area contributed by atoms with Gasteiger partial charge < -0.3 is 9.26 Å². The van der Waals surface area contributed by atoms with Gasteiger partial charge in [-0.15, -0.1) is 0 Å². The minimum absolute atomic E-state index is 0.294. The maximum Gasteiger partial charge on any atom is 0.343 e. The number of aromatic nitrogens is 1. The summed E-state index contributed by atoms with van der Waals surface area (Å²) in [5, 5.41) is 4.08. The molecule has 0 bridgehead atoms. The highest BCUT2D eigenvalue weighted by molar-refractivity contribution is 5.92. The Hall–Kier alpha value is -1.32. The van der Waals surface area contributed by atoms with Crippen molar-refractivity contribution in [2.75, 3.05) is 7.11 Å². The van der Waals surface area contributed by atoms with E-state index in [0.717, 1.165) is 30.7 Å². The van der Waals surface area contributed by atoms with E-state index in [-0.39, 0.29) is 5.97 Å². The Morgan fingerprint density at radius 2 is 2.19 bits per heavy atom. The zero-order valence-electron chi connectivity index (χ0n) is 9.53. The van der Waals surface area contributed by atoms with Gasteiger partial charge in [-0.1, -0.05) is 12.1 Å². The molecule has 2 fully saturated rings. The number of methoxy groups -OCH3 is 1. The van der Waals surface area contributed by atoms with Crippen LogP contribution in [0.25, 0.3) is 0 Å². The van der Waals surface area contributed by atoms with E-state index in [0.29, 0.717) is 23.3 Å². The Balaban J connectivity index is 2.00. The first-order valence-corrected chi connectivity index (χ1v) is 5.80. The lowest BCUT2D eigenvalue weighted by Gasteiger charge is -2.00. The summed E-state index contributed by atoms with van der Waals surface area (Å²) in [6.07, 6.45) is 3.29. The van der Waals surface area contributed by atoms with Crippen molar-refractivity contribution in [3.63, 3.8) is 0 Å². The van der Waals surface area contributed by atoms with Crippen molar-refractivity contribution >= 4 is 5.97 Å². The lowest BCUT2D eigenvalue weighted by atomic mass is 10.1. The third kappa shape index (κ3) is 1.44. The van der Waals surface area contributed by atoms with E-state index in [9.17, 15) is 4.79 Å². The second-order valence-corrected chi connectivity index (χ2v) is 4.89. The van der Waals surface area contributed by atoms with Crippen molar-refractivity contribution in [2.45, 2.75) is 38.0 Å². The molecule has 3 rings (SSSR count). The van der Waals surface area contributed by atoms with Gasteiger partial charge in [-0.3, -0.25) is 0 Å². The van der Waals surface area contributed by atoms with Gasteiger partial charge >= 0.3 is 5.97 Å². The van der Waals surface area contributed by atoms with Gasteiger partial charge in [0.1, 0.15) is 11.3 Å². The number of carbonyl (C=O) groups is 1. The molecule has 2 aliphatic rings. The average Bonchev–Trinajstić information content (AvgIpc) is 3.19. The molecule has 0 radical (unpaired) electrons. The zero-order valence-corrected chi connectivity index (χ0v) is 9.53. The second kappa shape index (κ2) is 3.34. The molecule has 0 saturated heterocycles. The molecular weight excluding hydrogens is 206 g/mol. The minimum atomic E-state index is -0.294. The van der Waals surface area contributed by atoms with E-state index in [1.165, 1.54) is 7.11 Å². The van der Waals surface area contributed by atoms with Crippen LogP contribution in [-0.4, -0.2) is 18.2 Å². The minimum Gasteiger partial charge on any atom is -0.465 e. The number of carbonyl (C=O) groups excluding carboxylic acids is 1. The fourth-order valence-corrected chi connectivity index (χ4v) is 2.20. The predicted molar refractivity (Wildman–Crippen MR) is 56.3 cm³/mol. The highest BCUT2D eigenvalue weighted by Crippen LogP contribution is 2.50. The van der Waals surface area contributed by atoms with Gasteiger partial charge in [-0.05, 0) is 25.2 Å². The molecule has 86 valence electrons. The van der Waals surface area contributed by atoms with Crippen LogP contribution in [0.5, 0.6) is 0 Å². The van der Waals surface area contributed by atoms with Gasteiger partial charge in [0.2, 0.25) is 0 Å². The van der Waals surface area contributed by atoms with Crippen LogP contribution in [0.2, 0.25) is 0 Å². The maximum atomic E-state index is 11.8. The summed E-state index contributed by atoms with van der Waals surface area (Å²) in [7, 11) is 1.41. The first-order valence-electron chi connectivity index (χ1n) is 5.80. The van der Waals surface area contributed by atoms with Crippen LogP contribution >= 0.6 is 0 Å². The average molecular weight is 221 g/mol. The third-order valence-corrected chi connectivity index (χ3v) is 3.54. The van der Waals surface area contributed by atoms with Crippen LogP contribution < -0.4 is 0 Å². The molecule has 1 aromatic rings. The summed E-state index contributed by atoms with van der Waals surface area (Å²) in [5.74, 6) is 1.86. The van der Waals surface area contributed by atoms with Gasteiger partial charge in [-0.25, -0.2) is 4.79 Å². The molecule has 4 heteroatoms. The Morgan fingerprint density at radius 1 is 1.50 bits per heavy atom. The monoisotopic (exact) mass is 221 g/mol. The summed E-state index contributed by atoms with van der Waals surface area (Å²) < 4.78 is 10.2. The van der Waals surface area contributed by atoms with Crippen molar-refractivity contribution < 1.29 is 14.1 Å². The number of nitrogens with zero attached hydrogens (tertiary/aromatic N) is 1. The fourth-order valence-electron chi connectivity index (χ4n) is 2.20. The highest BCUT2D eigenvalue weighted by Gasteiger charge is 2.43. The Labute approximate surface area is 93.9 Å². The summed E-state index contributed by atoms with van der Waals surface area (Å²) >= 11 is 0. The molecule has 2 unspecified atom stereocenters. The number of esters is 1. The molecule has 1 aromatic heterocycles. The normalized spacial score (nSPS) is 27.9. The summed E-state index contributed by atoms with van der Waals surface area (Å²) in [5.41, 5.74) is 1.43. The van der Waals surface area contributed by atoms with Crippen LogP contribution in [-0.2, 0) is 4.74 Å². The van der Waals surface area contributed by atoms with E-state index in [1.807, 2.05) is 0 Å². The molecule has 2 aliphatic carbocycles. The maximum absolute atomic E-state index is 11.8. The summed E-state index contributed by atoms with van der Waals surface area (Å²) in [6.45, 7) is 2.16. The molecule has 0 spiro atoms. The van der Waals surface area contributed by atoms with E-state index < -0.39 is 0 Å². The van der Waals surface area contributed by atoms with Gasteiger partial charge in [0.05, 0.1) is 7.11 Å². The van der Waals surface area contributed by atoms with E-state index in [1.54, 1.807) is 0 Å². The largest absolute Gasteiger partial charge is 0.465 e. The van der Waals surface area contributed by atoms with E-state index >= 15 is 0 Å². The highest BCUT2D eigenvalue weighted by atomic mass is 16.5. The molecule has 2 saturated carbocycles. The standard InChI is InChI=1S/C12H15NO3/c1-6-5-8(6)10-9(12(14)15-2)11(16-13-10)7-3-4-7/h6-8H,3-5H2,1-2H3.